The van der Waals surface area contributed by atoms with E-state index in [1.807, 2.05) is 19.1 Å². The Morgan fingerprint density at radius 1 is 1.17 bits per heavy atom. The average molecular weight is 504 g/mol. The first-order chi connectivity index (χ1) is 17.4. The number of benzene rings is 2. The second kappa shape index (κ2) is 9.67. The van der Waals surface area contributed by atoms with Gasteiger partial charge >= 0.3 is 5.97 Å². The first-order valence-electron chi connectivity index (χ1n) is 11.1. The van der Waals surface area contributed by atoms with Gasteiger partial charge < -0.3 is 19.5 Å². The van der Waals surface area contributed by atoms with Crippen LogP contribution >= 0.6 is 11.3 Å². The molecule has 182 valence electrons. The van der Waals surface area contributed by atoms with Crippen molar-refractivity contribution in [1.29, 1.82) is 0 Å². The number of carbonyl (C=O) groups excluding carboxylic acids is 2. The molecule has 0 radical (unpaired) electrons. The zero-order valence-electron chi connectivity index (χ0n) is 19.4. The number of aromatic nitrogens is 2. The Balaban J connectivity index is 1.51. The first kappa shape index (κ1) is 23.3. The molecule has 0 fully saturated rings. The van der Waals surface area contributed by atoms with Crippen LogP contribution in [0.5, 0.6) is 11.5 Å². The molecule has 0 unspecified atom stereocenters. The maximum atomic E-state index is 13.5. The van der Waals surface area contributed by atoms with Gasteiger partial charge in [0.1, 0.15) is 5.00 Å². The van der Waals surface area contributed by atoms with E-state index in [4.69, 9.17) is 14.2 Å². The second-order valence-corrected chi connectivity index (χ2v) is 8.79. The van der Waals surface area contributed by atoms with Crippen molar-refractivity contribution in [2.45, 2.75) is 13.8 Å². The molecular formula is C26H21N3O6S. The van der Waals surface area contributed by atoms with Gasteiger partial charge in [-0.25, -0.2) is 4.79 Å². The molecule has 1 aliphatic heterocycles. The molecule has 10 heteroatoms. The van der Waals surface area contributed by atoms with E-state index in [9.17, 15) is 14.4 Å². The van der Waals surface area contributed by atoms with E-state index in [-0.39, 0.29) is 24.5 Å². The highest BCUT2D eigenvalue weighted by molar-refractivity contribution is 7.16. The third-order valence-electron chi connectivity index (χ3n) is 5.46. The van der Waals surface area contributed by atoms with Crippen molar-refractivity contribution in [2.24, 2.45) is 0 Å². The van der Waals surface area contributed by atoms with Crippen molar-refractivity contribution in [2.75, 3.05) is 18.7 Å². The number of rotatable bonds is 6. The zero-order chi connectivity index (χ0) is 25.2. The smallest absolute Gasteiger partial charge is 0.359 e. The minimum absolute atomic E-state index is 0.000300. The lowest BCUT2D eigenvalue weighted by Crippen LogP contribution is -2.25. The molecule has 0 saturated heterocycles. The molecule has 0 saturated carbocycles. The van der Waals surface area contributed by atoms with Gasteiger partial charge in [-0.3, -0.25) is 9.59 Å². The third-order valence-corrected chi connectivity index (χ3v) is 6.36. The highest BCUT2D eigenvalue weighted by Crippen LogP contribution is 2.33. The number of amides is 1. The predicted molar refractivity (Wildman–Crippen MR) is 136 cm³/mol. The van der Waals surface area contributed by atoms with Crippen LogP contribution in [0.15, 0.2) is 58.7 Å². The molecule has 9 nitrogen and oxygen atoms in total. The monoisotopic (exact) mass is 503 g/mol. The van der Waals surface area contributed by atoms with Crippen LogP contribution in [0.4, 0.5) is 5.00 Å². The molecule has 2 aromatic heterocycles. The van der Waals surface area contributed by atoms with Crippen LogP contribution in [-0.4, -0.2) is 35.1 Å². The number of fused-ring (bicyclic) bond motifs is 2. The Morgan fingerprint density at radius 2 is 1.94 bits per heavy atom. The fourth-order valence-electron chi connectivity index (χ4n) is 3.70. The standard InChI is InChI=1S/C26H21N3O6S/c1-3-33-26(32)23-18-13-36-24(22(18)25(31)29(28-23)17-8-4-15(2)5-9-17)27-21(30)11-7-16-6-10-19-20(12-16)35-14-34-19/h4-13H,3,14H2,1-2H3,(H,27,30). The molecule has 4 aromatic rings. The summed E-state index contributed by atoms with van der Waals surface area (Å²) in [5.74, 6) is 0.170. The highest BCUT2D eigenvalue weighted by atomic mass is 32.1. The third kappa shape index (κ3) is 4.46. The van der Waals surface area contributed by atoms with Gasteiger partial charge in [0, 0.05) is 16.8 Å². The van der Waals surface area contributed by atoms with Gasteiger partial charge in [0.2, 0.25) is 12.7 Å². The zero-order valence-corrected chi connectivity index (χ0v) is 20.3. The fourth-order valence-corrected chi connectivity index (χ4v) is 4.63. The Hall–Kier alpha value is -4.44. The molecule has 3 heterocycles. The van der Waals surface area contributed by atoms with Crippen molar-refractivity contribution in [3.8, 4) is 17.2 Å². The van der Waals surface area contributed by atoms with Crippen LogP contribution in [-0.2, 0) is 9.53 Å². The number of hydrogen-bond donors (Lipinski definition) is 1. The van der Waals surface area contributed by atoms with Crippen LogP contribution in [0.1, 0.15) is 28.5 Å². The summed E-state index contributed by atoms with van der Waals surface area (Å²) in [6.07, 6.45) is 2.98. The van der Waals surface area contributed by atoms with Crippen molar-refractivity contribution < 1.29 is 23.8 Å². The quantitative estimate of drug-likeness (QED) is 0.308. The van der Waals surface area contributed by atoms with Crippen LogP contribution < -0.4 is 20.3 Å². The maximum absolute atomic E-state index is 13.5. The normalized spacial score (nSPS) is 12.3. The number of hydrogen-bond acceptors (Lipinski definition) is 8. The summed E-state index contributed by atoms with van der Waals surface area (Å²) in [7, 11) is 0. The molecule has 0 spiro atoms. The van der Waals surface area contributed by atoms with E-state index < -0.39 is 17.4 Å². The average Bonchev–Trinajstić information content (AvgIpc) is 3.51. The SMILES string of the molecule is CCOC(=O)c1nn(-c2ccc(C)cc2)c(=O)c2c(NC(=O)C=Cc3ccc4c(c3)OCO4)scc12. The van der Waals surface area contributed by atoms with Crippen molar-refractivity contribution in [3.05, 3.63) is 81.1 Å². The van der Waals surface area contributed by atoms with E-state index >= 15 is 0 Å². The summed E-state index contributed by atoms with van der Waals surface area (Å²) in [6.45, 7) is 3.94. The summed E-state index contributed by atoms with van der Waals surface area (Å²) in [5.41, 5.74) is 1.79. The summed E-state index contributed by atoms with van der Waals surface area (Å²) in [4.78, 5) is 38.8. The summed E-state index contributed by atoms with van der Waals surface area (Å²) < 4.78 is 17.0. The fraction of sp³-hybridized carbons (Fsp3) is 0.154. The molecular weight excluding hydrogens is 482 g/mol. The predicted octanol–water partition coefficient (Wildman–Crippen LogP) is 4.31. The summed E-state index contributed by atoms with van der Waals surface area (Å²) >= 11 is 1.14. The van der Waals surface area contributed by atoms with Gasteiger partial charge in [0.15, 0.2) is 17.2 Å². The molecule has 1 amide bonds. The van der Waals surface area contributed by atoms with E-state index in [1.165, 1.54) is 6.08 Å². The molecule has 1 N–H and O–H groups in total. The number of nitrogens with one attached hydrogen (secondary N) is 1. The molecule has 5 rings (SSSR count). The molecule has 0 atom stereocenters. The van der Waals surface area contributed by atoms with Crippen LogP contribution in [0.3, 0.4) is 0 Å². The number of esters is 1. The minimum atomic E-state index is -0.651. The van der Waals surface area contributed by atoms with E-state index in [0.717, 1.165) is 27.1 Å². The Bertz CT molecular complexity index is 1570. The van der Waals surface area contributed by atoms with Crippen LogP contribution in [0.25, 0.3) is 22.5 Å². The van der Waals surface area contributed by atoms with Gasteiger partial charge in [-0.15, -0.1) is 11.3 Å². The first-order valence-corrected chi connectivity index (χ1v) is 12.0. The largest absolute Gasteiger partial charge is 0.461 e. The number of thiophene rings is 1. The molecule has 0 aliphatic carbocycles. The maximum Gasteiger partial charge on any atom is 0.359 e. The van der Waals surface area contributed by atoms with Gasteiger partial charge in [0.25, 0.3) is 5.56 Å². The van der Waals surface area contributed by atoms with Gasteiger partial charge in [0.05, 0.1) is 17.7 Å². The Labute approximate surface area is 209 Å². The van der Waals surface area contributed by atoms with E-state index in [1.54, 1.807) is 48.7 Å². The van der Waals surface area contributed by atoms with Crippen LogP contribution in [0, 0.1) is 6.92 Å². The minimum Gasteiger partial charge on any atom is -0.461 e. The Morgan fingerprint density at radius 3 is 2.72 bits per heavy atom. The number of nitrogens with zero attached hydrogens (tertiary/aromatic N) is 2. The lowest BCUT2D eigenvalue weighted by Gasteiger charge is -2.10. The Kier molecular flexibility index (Phi) is 6.26. The molecule has 2 aromatic carbocycles. The number of carbonyl (C=O) groups is 2. The van der Waals surface area contributed by atoms with Gasteiger partial charge in [-0.2, -0.15) is 9.78 Å². The van der Waals surface area contributed by atoms with Crippen molar-refractivity contribution in [1.82, 2.24) is 9.78 Å². The molecule has 1 aliphatic rings. The number of anilines is 1. The molecule has 36 heavy (non-hydrogen) atoms. The topological polar surface area (TPSA) is 109 Å². The lowest BCUT2D eigenvalue weighted by molar-refractivity contribution is -0.111. The number of aryl methyl sites for hydroxylation is 1. The lowest BCUT2D eigenvalue weighted by atomic mass is 10.2. The highest BCUT2D eigenvalue weighted by Gasteiger charge is 2.23. The second-order valence-electron chi connectivity index (χ2n) is 7.91. The molecule has 0 bridgehead atoms. The number of ether oxygens (including phenoxy) is 3. The summed E-state index contributed by atoms with van der Waals surface area (Å²) in [6, 6.07) is 12.5. The van der Waals surface area contributed by atoms with Gasteiger partial charge in [-0.1, -0.05) is 23.8 Å². The van der Waals surface area contributed by atoms with E-state index in [0.29, 0.717) is 27.6 Å². The van der Waals surface area contributed by atoms with Gasteiger partial charge in [-0.05, 0) is 49.8 Å². The van der Waals surface area contributed by atoms with Crippen molar-refractivity contribution >= 4 is 45.1 Å². The van der Waals surface area contributed by atoms with E-state index in [2.05, 4.69) is 10.4 Å². The summed E-state index contributed by atoms with van der Waals surface area (Å²) in [5, 5.41) is 9.49. The van der Waals surface area contributed by atoms with Crippen molar-refractivity contribution in [3.63, 3.8) is 0 Å². The van der Waals surface area contributed by atoms with Crippen LogP contribution in [0.2, 0.25) is 0 Å².